The molecule has 1 heterocycles. The molecule has 2 amide bonds. The second kappa shape index (κ2) is 8.00. The Bertz CT molecular complexity index is 416. The van der Waals surface area contributed by atoms with Crippen LogP contribution in [-0.4, -0.2) is 54.0 Å². The van der Waals surface area contributed by atoms with Crippen molar-refractivity contribution in [1.82, 2.24) is 10.2 Å². The maximum atomic E-state index is 12.1. The van der Waals surface area contributed by atoms with E-state index in [1.54, 1.807) is 11.1 Å². The maximum absolute atomic E-state index is 12.1. The van der Waals surface area contributed by atoms with Crippen LogP contribution in [0.3, 0.4) is 0 Å². The second-order valence-corrected chi connectivity index (χ2v) is 6.63. The van der Waals surface area contributed by atoms with Crippen molar-refractivity contribution in [1.29, 1.82) is 0 Å². The van der Waals surface area contributed by atoms with Gasteiger partial charge < -0.3 is 19.8 Å². The van der Waals surface area contributed by atoms with Gasteiger partial charge in [-0.25, -0.2) is 4.79 Å². The Labute approximate surface area is 132 Å². The third kappa shape index (κ3) is 6.78. The van der Waals surface area contributed by atoms with E-state index in [1.165, 1.54) is 0 Å². The van der Waals surface area contributed by atoms with E-state index in [0.29, 0.717) is 6.54 Å². The molecule has 0 bridgehead atoms. The highest BCUT2D eigenvalue weighted by Crippen LogP contribution is 2.19. The summed E-state index contributed by atoms with van der Waals surface area (Å²) in [6.07, 6.45) is 2.91. The molecule has 0 aromatic heterocycles. The summed E-state index contributed by atoms with van der Waals surface area (Å²) in [4.78, 5) is 30.1. The van der Waals surface area contributed by atoms with Gasteiger partial charge in [-0.3, -0.25) is 4.79 Å². The first-order chi connectivity index (χ1) is 10.2. The predicted molar refractivity (Wildman–Crippen MR) is 83.7 cm³/mol. The van der Waals surface area contributed by atoms with Gasteiger partial charge >= 0.3 is 6.09 Å². The van der Waals surface area contributed by atoms with Crippen LogP contribution < -0.4 is 5.32 Å². The summed E-state index contributed by atoms with van der Waals surface area (Å²) in [5.41, 5.74) is -0.521. The van der Waals surface area contributed by atoms with E-state index in [1.807, 2.05) is 34.6 Å². The molecule has 1 aliphatic rings. The summed E-state index contributed by atoms with van der Waals surface area (Å²) in [6.45, 7) is 9.76. The van der Waals surface area contributed by atoms with Gasteiger partial charge in [-0.15, -0.1) is 0 Å². The Morgan fingerprint density at radius 3 is 2.68 bits per heavy atom. The average molecular weight is 313 g/mol. The molecule has 126 valence electrons. The molecule has 1 atom stereocenters. The molecule has 1 saturated heterocycles. The zero-order chi connectivity index (χ0) is 16.8. The summed E-state index contributed by atoms with van der Waals surface area (Å²) in [6, 6.07) is -0.0828. The molecular formula is C15H27N3O4. The molecule has 22 heavy (non-hydrogen) atoms. The Hall–Kier alpha value is -1.79. The smallest absolute Gasteiger partial charge is 0.410 e. The molecule has 7 nitrogen and oxygen atoms in total. The van der Waals surface area contributed by atoms with Crippen LogP contribution in [-0.2, 0) is 14.4 Å². The van der Waals surface area contributed by atoms with Gasteiger partial charge in [0.2, 0.25) is 0 Å². The highest BCUT2D eigenvalue weighted by molar-refractivity contribution is 5.78. The first kappa shape index (κ1) is 18.3. The molecule has 0 aliphatic carbocycles. The van der Waals surface area contributed by atoms with Crippen molar-refractivity contribution in [2.45, 2.75) is 65.1 Å². The number of ether oxygens (including phenoxy) is 1. The normalized spacial score (nSPS) is 18.8. The Morgan fingerprint density at radius 2 is 2.09 bits per heavy atom. The van der Waals surface area contributed by atoms with Gasteiger partial charge in [0.25, 0.3) is 5.91 Å². The first-order valence-corrected chi connectivity index (χ1v) is 7.63. The Kier molecular flexibility index (Phi) is 6.64. The van der Waals surface area contributed by atoms with Gasteiger partial charge in [0, 0.05) is 12.6 Å². The summed E-state index contributed by atoms with van der Waals surface area (Å²) in [7, 11) is 0. The average Bonchev–Trinajstić information content (AvgIpc) is 2.80. The number of carbonyl (C=O) groups excluding carboxylic acids is 2. The molecule has 0 saturated carbocycles. The number of nitrogens with zero attached hydrogens (tertiary/aromatic N) is 2. The van der Waals surface area contributed by atoms with Crippen LogP contribution in [0, 0.1) is 0 Å². The zero-order valence-electron chi connectivity index (χ0n) is 14.1. The van der Waals surface area contributed by atoms with Gasteiger partial charge in [-0.2, -0.15) is 0 Å². The quantitative estimate of drug-likeness (QED) is 0.621. The Morgan fingerprint density at radius 1 is 1.41 bits per heavy atom. The maximum Gasteiger partial charge on any atom is 0.410 e. The minimum Gasteiger partial charge on any atom is -0.444 e. The molecule has 0 aromatic rings. The summed E-state index contributed by atoms with van der Waals surface area (Å²) in [5, 5.41) is 6.50. The van der Waals surface area contributed by atoms with Crippen LogP contribution in [0.4, 0.5) is 4.79 Å². The summed E-state index contributed by atoms with van der Waals surface area (Å²) in [5.74, 6) is -0.220. The lowest BCUT2D eigenvalue weighted by molar-refractivity contribution is -0.126. The number of hydrogen-bond donors (Lipinski definition) is 1. The van der Waals surface area contributed by atoms with E-state index >= 15 is 0 Å². The van der Waals surface area contributed by atoms with E-state index in [2.05, 4.69) is 10.5 Å². The highest BCUT2D eigenvalue weighted by atomic mass is 16.6. The van der Waals surface area contributed by atoms with Gasteiger partial charge in [0.15, 0.2) is 6.61 Å². The van der Waals surface area contributed by atoms with E-state index in [0.717, 1.165) is 12.8 Å². The lowest BCUT2D eigenvalue weighted by atomic mass is 10.2. The number of nitrogens with one attached hydrogen (secondary N) is 1. The van der Waals surface area contributed by atoms with E-state index < -0.39 is 5.60 Å². The number of rotatable bonds is 5. The van der Waals surface area contributed by atoms with Crippen molar-refractivity contribution < 1.29 is 19.2 Å². The zero-order valence-corrected chi connectivity index (χ0v) is 14.1. The van der Waals surface area contributed by atoms with Crippen molar-refractivity contribution in [3.05, 3.63) is 0 Å². The fourth-order valence-electron chi connectivity index (χ4n) is 2.07. The minimum atomic E-state index is -0.521. The topological polar surface area (TPSA) is 80.2 Å². The lowest BCUT2D eigenvalue weighted by Crippen LogP contribution is -2.40. The van der Waals surface area contributed by atoms with Crippen LogP contribution in [0.1, 0.15) is 47.5 Å². The molecule has 0 unspecified atom stereocenters. The molecule has 1 aliphatic heterocycles. The molecule has 0 radical (unpaired) electrons. The Balaban J connectivity index is 2.42. The van der Waals surface area contributed by atoms with Crippen molar-refractivity contribution in [3.63, 3.8) is 0 Å². The van der Waals surface area contributed by atoms with E-state index in [4.69, 9.17) is 9.57 Å². The van der Waals surface area contributed by atoms with Crippen molar-refractivity contribution in [3.8, 4) is 0 Å². The molecule has 7 heteroatoms. The number of carbonyl (C=O) groups is 2. The van der Waals surface area contributed by atoms with Crippen molar-refractivity contribution in [2.75, 3.05) is 13.2 Å². The number of amides is 2. The molecule has 0 aromatic carbocycles. The largest absolute Gasteiger partial charge is 0.444 e. The van der Waals surface area contributed by atoms with Crippen LogP contribution in [0.2, 0.25) is 0 Å². The van der Waals surface area contributed by atoms with Gasteiger partial charge in [-0.1, -0.05) is 5.16 Å². The van der Waals surface area contributed by atoms with Crippen LogP contribution in [0.5, 0.6) is 0 Å². The molecule has 1 rings (SSSR count). The van der Waals surface area contributed by atoms with Crippen LogP contribution >= 0.6 is 0 Å². The summed E-state index contributed by atoms with van der Waals surface area (Å²) >= 11 is 0. The minimum absolute atomic E-state index is 0.0672. The third-order valence-electron chi connectivity index (χ3n) is 2.88. The van der Waals surface area contributed by atoms with Crippen LogP contribution in [0.25, 0.3) is 0 Å². The van der Waals surface area contributed by atoms with Gasteiger partial charge in [0.1, 0.15) is 5.60 Å². The fraction of sp³-hybridized carbons (Fsp3) is 0.800. The first-order valence-electron chi connectivity index (χ1n) is 7.63. The van der Waals surface area contributed by atoms with Gasteiger partial charge in [0.05, 0.1) is 12.3 Å². The van der Waals surface area contributed by atoms with E-state index in [-0.39, 0.29) is 30.7 Å². The van der Waals surface area contributed by atoms with Crippen LogP contribution in [0.15, 0.2) is 5.16 Å². The molecule has 1 N–H and O–H groups in total. The second-order valence-electron chi connectivity index (χ2n) is 6.63. The fourth-order valence-corrected chi connectivity index (χ4v) is 2.07. The molecule has 0 spiro atoms. The number of oxime groups is 1. The van der Waals surface area contributed by atoms with Crippen molar-refractivity contribution >= 4 is 18.2 Å². The van der Waals surface area contributed by atoms with Gasteiger partial charge in [-0.05, 0) is 47.5 Å². The number of hydrogen-bond acceptors (Lipinski definition) is 5. The lowest BCUT2D eigenvalue weighted by Gasteiger charge is -2.26. The molecule has 1 fully saturated rings. The third-order valence-corrected chi connectivity index (χ3v) is 2.88. The monoisotopic (exact) mass is 313 g/mol. The van der Waals surface area contributed by atoms with Crippen molar-refractivity contribution in [2.24, 2.45) is 5.16 Å². The summed E-state index contributed by atoms with van der Waals surface area (Å²) < 4.78 is 5.36. The standard InChI is InChI=1S/C15H27N3O4/c1-11(2)17-13(19)10-21-16-9-12-7-6-8-18(12)14(20)22-15(3,4)5/h9,11-12H,6-8,10H2,1-5H3,(H,17,19)/b16-9+/t12-/m0/s1. The predicted octanol–water partition coefficient (Wildman–Crippen LogP) is 1.91. The SMILES string of the molecule is CC(C)NC(=O)CO/N=C/[C@@H]1CCCN1C(=O)OC(C)(C)C. The number of likely N-dealkylation sites (tertiary alicyclic amines) is 1. The van der Waals surface area contributed by atoms with E-state index in [9.17, 15) is 9.59 Å². The highest BCUT2D eigenvalue weighted by Gasteiger charge is 2.31. The molecular weight excluding hydrogens is 286 g/mol.